The SMILES string of the molecule is Cc1ccc(C)c(C(O)C(C)C(=O)OC(C)(C)C)c1. The summed E-state index contributed by atoms with van der Waals surface area (Å²) in [5.74, 6) is -0.958. The molecule has 106 valence electrons. The predicted octanol–water partition coefficient (Wildman–Crippen LogP) is 3.31. The van der Waals surface area contributed by atoms with E-state index in [2.05, 4.69) is 0 Å². The molecular weight excluding hydrogens is 240 g/mol. The molecule has 0 aliphatic heterocycles. The zero-order chi connectivity index (χ0) is 14.8. The molecule has 0 bridgehead atoms. The second kappa shape index (κ2) is 5.74. The van der Waals surface area contributed by atoms with E-state index in [1.54, 1.807) is 6.92 Å². The summed E-state index contributed by atoms with van der Waals surface area (Å²) < 4.78 is 5.31. The normalized spacial score (nSPS) is 14.9. The standard InChI is InChI=1S/C16H24O3/c1-10-7-8-11(2)13(9-10)14(17)12(3)15(18)19-16(4,5)6/h7-9,12,14,17H,1-6H3. The fraction of sp³-hybridized carbons (Fsp3) is 0.562. The minimum atomic E-state index is -0.838. The monoisotopic (exact) mass is 264 g/mol. The molecule has 0 radical (unpaired) electrons. The van der Waals surface area contributed by atoms with Gasteiger partial charge in [-0.25, -0.2) is 0 Å². The van der Waals surface area contributed by atoms with Crippen molar-refractivity contribution in [1.29, 1.82) is 0 Å². The van der Waals surface area contributed by atoms with Gasteiger partial charge in [0.2, 0.25) is 0 Å². The maximum Gasteiger partial charge on any atom is 0.312 e. The molecule has 0 aliphatic rings. The van der Waals surface area contributed by atoms with Crippen LogP contribution < -0.4 is 0 Å². The molecule has 0 saturated carbocycles. The summed E-state index contributed by atoms with van der Waals surface area (Å²) in [5, 5.41) is 10.4. The first-order chi connectivity index (χ1) is 8.61. The Kier molecular flexibility index (Phi) is 4.75. The number of hydrogen-bond donors (Lipinski definition) is 1. The van der Waals surface area contributed by atoms with Crippen molar-refractivity contribution in [2.45, 2.75) is 53.2 Å². The molecule has 0 aliphatic carbocycles. The van der Waals surface area contributed by atoms with E-state index in [1.807, 2.05) is 52.8 Å². The number of hydrogen-bond acceptors (Lipinski definition) is 3. The molecule has 2 unspecified atom stereocenters. The van der Waals surface area contributed by atoms with Gasteiger partial charge in [-0.15, -0.1) is 0 Å². The van der Waals surface area contributed by atoms with Crippen molar-refractivity contribution in [2.75, 3.05) is 0 Å². The number of aliphatic hydroxyl groups is 1. The Hall–Kier alpha value is -1.35. The molecule has 0 aromatic heterocycles. The first kappa shape index (κ1) is 15.7. The smallest absolute Gasteiger partial charge is 0.312 e. The summed E-state index contributed by atoms with van der Waals surface area (Å²) in [6, 6.07) is 5.86. The molecule has 0 fully saturated rings. The Morgan fingerprint density at radius 1 is 1.26 bits per heavy atom. The van der Waals surface area contributed by atoms with Crippen molar-refractivity contribution in [3.05, 3.63) is 34.9 Å². The Balaban J connectivity index is 2.90. The lowest BCUT2D eigenvalue weighted by Gasteiger charge is -2.25. The van der Waals surface area contributed by atoms with Gasteiger partial charge in [0.05, 0.1) is 12.0 Å². The maximum absolute atomic E-state index is 12.0. The number of carbonyl (C=O) groups excluding carboxylic acids is 1. The summed E-state index contributed by atoms with van der Waals surface area (Å²) in [5.41, 5.74) is 2.30. The summed E-state index contributed by atoms with van der Waals surface area (Å²) >= 11 is 0. The van der Waals surface area contributed by atoms with Crippen LogP contribution >= 0.6 is 0 Å². The van der Waals surface area contributed by atoms with Gasteiger partial charge in [0, 0.05) is 0 Å². The highest BCUT2D eigenvalue weighted by molar-refractivity contribution is 5.73. The molecule has 0 saturated heterocycles. The minimum Gasteiger partial charge on any atom is -0.460 e. The van der Waals surface area contributed by atoms with Gasteiger partial charge in [0.1, 0.15) is 5.60 Å². The van der Waals surface area contributed by atoms with Gasteiger partial charge in [-0.3, -0.25) is 4.79 Å². The summed E-state index contributed by atoms with van der Waals surface area (Å²) in [4.78, 5) is 12.0. The van der Waals surface area contributed by atoms with E-state index >= 15 is 0 Å². The van der Waals surface area contributed by atoms with Crippen LogP contribution in [0.25, 0.3) is 0 Å². The minimum absolute atomic E-state index is 0.374. The van der Waals surface area contributed by atoms with Crippen LogP contribution in [-0.4, -0.2) is 16.7 Å². The molecule has 0 heterocycles. The van der Waals surface area contributed by atoms with E-state index in [0.717, 1.165) is 16.7 Å². The molecular formula is C16H24O3. The van der Waals surface area contributed by atoms with E-state index < -0.39 is 17.6 Å². The molecule has 0 amide bonds. The van der Waals surface area contributed by atoms with Gasteiger partial charge in [-0.05, 0) is 52.7 Å². The summed E-state index contributed by atoms with van der Waals surface area (Å²) in [7, 11) is 0. The molecule has 1 aromatic carbocycles. The van der Waals surface area contributed by atoms with Gasteiger partial charge in [-0.2, -0.15) is 0 Å². The Morgan fingerprint density at radius 2 is 1.84 bits per heavy atom. The van der Waals surface area contributed by atoms with Crippen LogP contribution in [-0.2, 0) is 9.53 Å². The molecule has 0 spiro atoms. The van der Waals surface area contributed by atoms with Gasteiger partial charge in [0.25, 0.3) is 0 Å². The van der Waals surface area contributed by atoms with Crippen LogP contribution in [0.5, 0.6) is 0 Å². The number of aliphatic hydroxyl groups excluding tert-OH is 1. The maximum atomic E-state index is 12.0. The second-order valence-corrected chi connectivity index (χ2v) is 6.13. The third-order valence-corrected chi connectivity index (χ3v) is 3.01. The lowest BCUT2D eigenvalue weighted by molar-refractivity contribution is -0.163. The molecule has 3 heteroatoms. The summed E-state index contributed by atoms with van der Waals surface area (Å²) in [6.07, 6.45) is -0.838. The molecule has 19 heavy (non-hydrogen) atoms. The zero-order valence-corrected chi connectivity index (χ0v) is 12.7. The zero-order valence-electron chi connectivity index (χ0n) is 12.7. The van der Waals surface area contributed by atoms with Crippen LogP contribution in [0.15, 0.2) is 18.2 Å². The van der Waals surface area contributed by atoms with Crippen LogP contribution in [0, 0.1) is 19.8 Å². The van der Waals surface area contributed by atoms with E-state index in [-0.39, 0.29) is 5.97 Å². The molecule has 1 aromatic rings. The van der Waals surface area contributed by atoms with Crippen molar-refractivity contribution in [3.8, 4) is 0 Å². The Labute approximate surface area is 115 Å². The van der Waals surface area contributed by atoms with E-state index in [9.17, 15) is 9.90 Å². The largest absolute Gasteiger partial charge is 0.460 e. The Morgan fingerprint density at radius 3 is 2.37 bits per heavy atom. The first-order valence-corrected chi connectivity index (χ1v) is 6.60. The fourth-order valence-electron chi connectivity index (χ4n) is 1.87. The average molecular weight is 264 g/mol. The van der Waals surface area contributed by atoms with Gasteiger partial charge >= 0.3 is 5.97 Å². The number of aryl methyl sites for hydroxylation is 2. The molecule has 1 N–H and O–H groups in total. The third-order valence-electron chi connectivity index (χ3n) is 3.01. The van der Waals surface area contributed by atoms with Crippen molar-refractivity contribution < 1.29 is 14.6 Å². The summed E-state index contributed by atoms with van der Waals surface area (Å²) in [6.45, 7) is 11.1. The van der Waals surface area contributed by atoms with Crippen LogP contribution in [0.3, 0.4) is 0 Å². The fourth-order valence-corrected chi connectivity index (χ4v) is 1.87. The second-order valence-electron chi connectivity index (χ2n) is 6.13. The van der Waals surface area contributed by atoms with E-state index in [0.29, 0.717) is 0 Å². The van der Waals surface area contributed by atoms with Gasteiger partial charge in [-0.1, -0.05) is 23.8 Å². The molecule has 1 rings (SSSR count). The third kappa shape index (κ3) is 4.35. The molecule has 2 atom stereocenters. The highest BCUT2D eigenvalue weighted by Gasteiger charge is 2.29. The number of rotatable bonds is 3. The van der Waals surface area contributed by atoms with Crippen LogP contribution in [0.4, 0.5) is 0 Å². The quantitative estimate of drug-likeness (QED) is 0.852. The average Bonchev–Trinajstić information content (AvgIpc) is 2.28. The van der Waals surface area contributed by atoms with Crippen molar-refractivity contribution in [2.24, 2.45) is 5.92 Å². The van der Waals surface area contributed by atoms with Crippen LogP contribution in [0.2, 0.25) is 0 Å². The van der Waals surface area contributed by atoms with Gasteiger partial charge in [0.15, 0.2) is 0 Å². The highest BCUT2D eigenvalue weighted by Crippen LogP contribution is 2.27. The van der Waals surface area contributed by atoms with Crippen LogP contribution in [0.1, 0.15) is 50.5 Å². The van der Waals surface area contributed by atoms with Crippen molar-refractivity contribution >= 4 is 5.97 Å². The number of esters is 1. The first-order valence-electron chi connectivity index (χ1n) is 6.60. The molecule has 3 nitrogen and oxygen atoms in total. The van der Waals surface area contributed by atoms with Crippen molar-refractivity contribution in [3.63, 3.8) is 0 Å². The lowest BCUT2D eigenvalue weighted by Crippen LogP contribution is -2.30. The van der Waals surface area contributed by atoms with Gasteiger partial charge < -0.3 is 9.84 Å². The predicted molar refractivity (Wildman–Crippen MR) is 75.9 cm³/mol. The topological polar surface area (TPSA) is 46.5 Å². The number of ether oxygens (including phenoxy) is 1. The number of benzene rings is 1. The van der Waals surface area contributed by atoms with E-state index in [4.69, 9.17) is 4.74 Å². The van der Waals surface area contributed by atoms with Crippen molar-refractivity contribution in [1.82, 2.24) is 0 Å². The van der Waals surface area contributed by atoms with E-state index in [1.165, 1.54) is 0 Å². The highest BCUT2D eigenvalue weighted by atomic mass is 16.6. The Bertz CT molecular complexity index is 458. The lowest BCUT2D eigenvalue weighted by atomic mass is 9.92. The number of carbonyl (C=O) groups is 1.